The molecule has 1 aliphatic rings. The van der Waals surface area contributed by atoms with E-state index in [1.807, 2.05) is 0 Å². The molecule has 7 N–H and O–H groups in total. The number of fused-ring (bicyclic) bond motifs is 1. The second-order valence-electron chi connectivity index (χ2n) is 8.58. The normalized spacial score (nSPS) is 16.7. The first kappa shape index (κ1) is 22.8. The largest absolute Gasteiger partial charge is 0.508 e. The van der Waals surface area contributed by atoms with E-state index in [4.69, 9.17) is 4.74 Å². The third-order valence-electron chi connectivity index (χ3n) is 6.09. The van der Waals surface area contributed by atoms with Crippen LogP contribution in [0.5, 0.6) is 46.0 Å². The zero-order valence-electron chi connectivity index (χ0n) is 18.7. The second kappa shape index (κ2) is 8.66. The Morgan fingerprint density at radius 1 is 0.556 bits per heavy atom. The molecule has 0 saturated carbocycles. The average Bonchev–Trinajstić information content (AvgIpc) is 3.20. The summed E-state index contributed by atoms with van der Waals surface area (Å²) < 4.78 is 6.22. The summed E-state index contributed by atoms with van der Waals surface area (Å²) in [4.78, 5) is 0. The molecule has 1 aliphatic heterocycles. The summed E-state index contributed by atoms with van der Waals surface area (Å²) in [5.41, 5.74) is 2.84. The van der Waals surface area contributed by atoms with Crippen molar-refractivity contribution in [2.24, 2.45) is 0 Å². The average molecular weight is 486 g/mol. The monoisotopic (exact) mass is 486 g/mol. The lowest BCUT2D eigenvalue weighted by molar-refractivity contribution is 0.221. The molecule has 0 spiro atoms. The Kier molecular flexibility index (Phi) is 5.49. The van der Waals surface area contributed by atoms with Crippen molar-refractivity contribution >= 4 is 12.2 Å². The van der Waals surface area contributed by atoms with Gasteiger partial charge in [-0.2, -0.15) is 0 Å². The first-order valence-electron chi connectivity index (χ1n) is 11.0. The van der Waals surface area contributed by atoms with Crippen LogP contribution in [0.2, 0.25) is 0 Å². The summed E-state index contributed by atoms with van der Waals surface area (Å²) in [6.45, 7) is 0. The van der Waals surface area contributed by atoms with E-state index in [-0.39, 0.29) is 40.2 Å². The SMILES string of the molecule is Oc1cc(O)cc([C@H]2c3c(/C=C/c4ccc(O)c(O)c4)cc(O)cc3O[C@H]2c2ccc(O)c(O)c2)c1. The predicted octanol–water partition coefficient (Wildman–Crippen LogP) is 5.06. The van der Waals surface area contributed by atoms with E-state index < -0.39 is 12.0 Å². The molecule has 0 aromatic heterocycles. The first-order chi connectivity index (χ1) is 17.2. The van der Waals surface area contributed by atoms with E-state index in [0.29, 0.717) is 33.6 Å². The quantitative estimate of drug-likeness (QED) is 0.156. The summed E-state index contributed by atoms with van der Waals surface area (Å²) in [5.74, 6) is -1.75. The van der Waals surface area contributed by atoms with Gasteiger partial charge in [0.2, 0.25) is 0 Å². The molecule has 0 amide bonds. The number of hydrogen-bond acceptors (Lipinski definition) is 8. The zero-order valence-corrected chi connectivity index (χ0v) is 18.7. The van der Waals surface area contributed by atoms with Gasteiger partial charge < -0.3 is 40.5 Å². The van der Waals surface area contributed by atoms with Crippen LogP contribution in [0.1, 0.15) is 39.8 Å². The van der Waals surface area contributed by atoms with Crippen molar-refractivity contribution in [2.75, 3.05) is 0 Å². The summed E-state index contributed by atoms with van der Waals surface area (Å²) in [6, 6.07) is 15.8. The van der Waals surface area contributed by atoms with Crippen LogP contribution in [0, 0.1) is 0 Å². The molecule has 1 heterocycles. The molecule has 5 rings (SSSR count). The van der Waals surface area contributed by atoms with Crippen LogP contribution in [0.25, 0.3) is 12.2 Å². The molecule has 182 valence electrons. The van der Waals surface area contributed by atoms with Crippen LogP contribution in [0.15, 0.2) is 66.7 Å². The smallest absolute Gasteiger partial charge is 0.157 e. The standard InChI is InChI=1S/C28H22O8/c29-18-9-17(10-19(30)12-18)27-26-15(3-1-14-2-5-21(32)23(34)7-14)8-20(31)13-25(26)36-28(27)16-4-6-22(33)24(35)11-16/h1-13,27-35H/b3-1+/t27-,28-/m0/s1. The lowest BCUT2D eigenvalue weighted by Gasteiger charge is -2.21. The van der Waals surface area contributed by atoms with Gasteiger partial charge >= 0.3 is 0 Å². The highest BCUT2D eigenvalue weighted by atomic mass is 16.5. The van der Waals surface area contributed by atoms with E-state index in [9.17, 15) is 35.7 Å². The Morgan fingerprint density at radius 3 is 1.86 bits per heavy atom. The van der Waals surface area contributed by atoms with Crippen molar-refractivity contribution in [3.8, 4) is 46.0 Å². The van der Waals surface area contributed by atoms with E-state index in [2.05, 4.69) is 0 Å². The number of ether oxygens (including phenoxy) is 1. The van der Waals surface area contributed by atoms with Gasteiger partial charge in [-0.05, 0) is 64.7 Å². The van der Waals surface area contributed by atoms with Crippen molar-refractivity contribution in [1.29, 1.82) is 0 Å². The predicted molar refractivity (Wildman–Crippen MR) is 132 cm³/mol. The number of phenols is 7. The molecule has 0 aliphatic carbocycles. The van der Waals surface area contributed by atoms with Crippen LogP contribution in [-0.2, 0) is 0 Å². The lowest BCUT2D eigenvalue weighted by Crippen LogP contribution is -2.12. The number of aromatic hydroxyl groups is 7. The number of phenolic OH excluding ortho intramolecular Hbond substituents is 7. The van der Waals surface area contributed by atoms with E-state index >= 15 is 0 Å². The van der Waals surface area contributed by atoms with Gasteiger partial charge in [-0.25, -0.2) is 0 Å². The topological polar surface area (TPSA) is 151 Å². The third-order valence-corrected chi connectivity index (χ3v) is 6.09. The van der Waals surface area contributed by atoms with Crippen molar-refractivity contribution in [1.82, 2.24) is 0 Å². The Labute approximate surface area is 205 Å². The Hall–Kier alpha value is -4.98. The minimum absolute atomic E-state index is 0.0614. The highest BCUT2D eigenvalue weighted by Gasteiger charge is 2.39. The molecule has 4 aromatic carbocycles. The van der Waals surface area contributed by atoms with E-state index in [1.54, 1.807) is 24.3 Å². The van der Waals surface area contributed by atoms with Crippen LogP contribution in [0.3, 0.4) is 0 Å². The molecule has 0 radical (unpaired) electrons. The minimum Gasteiger partial charge on any atom is -0.508 e. The maximum Gasteiger partial charge on any atom is 0.157 e. The van der Waals surface area contributed by atoms with Gasteiger partial charge in [0.05, 0.1) is 5.92 Å². The molecule has 0 bridgehead atoms. The van der Waals surface area contributed by atoms with Crippen molar-refractivity contribution in [3.63, 3.8) is 0 Å². The Bertz CT molecular complexity index is 1490. The van der Waals surface area contributed by atoms with Gasteiger partial charge in [0.15, 0.2) is 23.0 Å². The van der Waals surface area contributed by atoms with Crippen molar-refractivity contribution < 1.29 is 40.5 Å². The summed E-state index contributed by atoms with van der Waals surface area (Å²) in [6.07, 6.45) is 2.66. The highest BCUT2D eigenvalue weighted by Crippen LogP contribution is 2.53. The lowest BCUT2D eigenvalue weighted by atomic mass is 9.82. The Balaban J connectivity index is 1.68. The summed E-state index contributed by atoms with van der Waals surface area (Å²) >= 11 is 0. The number of hydrogen-bond donors (Lipinski definition) is 7. The number of benzene rings is 4. The van der Waals surface area contributed by atoms with Crippen molar-refractivity contribution in [2.45, 2.75) is 12.0 Å². The molecular formula is C28H22O8. The van der Waals surface area contributed by atoms with Gasteiger partial charge in [0.1, 0.15) is 29.1 Å². The van der Waals surface area contributed by atoms with Gasteiger partial charge in [-0.1, -0.05) is 24.3 Å². The van der Waals surface area contributed by atoms with E-state index in [0.717, 1.165) is 0 Å². The van der Waals surface area contributed by atoms with Crippen molar-refractivity contribution in [3.05, 3.63) is 94.5 Å². The van der Waals surface area contributed by atoms with Gasteiger partial charge in [-0.15, -0.1) is 0 Å². The fraction of sp³-hybridized carbons (Fsp3) is 0.0714. The molecule has 8 nitrogen and oxygen atoms in total. The van der Waals surface area contributed by atoms with Crippen LogP contribution in [0.4, 0.5) is 0 Å². The van der Waals surface area contributed by atoms with E-state index in [1.165, 1.54) is 54.6 Å². The molecule has 2 atom stereocenters. The molecular weight excluding hydrogens is 464 g/mol. The fourth-order valence-corrected chi connectivity index (χ4v) is 4.50. The molecule has 0 fully saturated rings. The maximum absolute atomic E-state index is 10.4. The molecule has 4 aromatic rings. The maximum atomic E-state index is 10.4. The first-order valence-corrected chi connectivity index (χ1v) is 11.0. The van der Waals surface area contributed by atoms with Crippen LogP contribution >= 0.6 is 0 Å². The minimum atomic E-state index is -0.737. The zero-order chi connectivity index (χ0) is 25.6. The summed E-state index contributed by atoms with van der Waals surface area (Å²) in [5, 5.41) is 70.0. The van der Waals surface area contributed by atoms with Gasteiger partial charge in [0.25, 0.3) is 0 Å². The Morgan fingerprint density at radius 2 is 1.19 bits per heavy atom. The molecule has 36 heavy (non-hydrogen) atoms. The van der Waals surface area contributed by atoms with Crippen LogP contribution < -0.4 is 4.74 Å². The summed E-state index contributed by atoms with van der Waals surface area (Å²) in [7, 11) is 0. The number of rotatable bonds is 4. The highest BCUT2D eigenvalue weighted by molar-refractivity contribution is 5.76. The van der Waals surface area contributed by atoms with Crippen LogP contribution in [-0.4, -0.2) is 35.7 Å². The molecule has 8 heteroatoms. The third kappa shape index (κ3) is 4.16. The molecule has 0 saturated heterocycles. The fourth-order valence-electron chi connectivity index (χ4n) is 4.50. The van der Waals surface area contributed by atoms with Gasteiger partial charge in [-0.3, -0.25) is 0 Å². The second-order valence-corrected chi connectivity index (χ2v) is 8.58. The van der Waals surface area contributed by atoms with Gasteiger partial charge in [0, 0.05) is 17.7 Å². The molecule has 0 unspecified atom stereocenters.